The van der Waals surface area contributed by atoms with E-state index < -0.39 is 0 Å². The second kappa shape index (κ2) is 5.30. The Hall–Kier alpha value is -2.10. The van der Waals surface area contributed by atoms with Gasteiger partial charge < -0.3 is 9.84 Å². The van der Waals surface area contributed by atoms with Crippen molar-refractivity contribution in [1.82, 2.24) is 10.5 Å². The first kappa shape index (κ1) is 11.4. The standard InChI is InChI=1S/C13H14N2O2/c1-10(16)14-8-7-12-9-13(17-15-12)11-5-3-2-4-6-11/h2-6,9H,7-8H2,1H3,(H,14,16). The highest BCUT2D eigenvalue weighted by Crippen LogP contribution is 2.19. The van der Waals surface area contributed by atoms with E-state index in [2.05, 4.69) is 10.5 Å². The fourth-order valence-corrected chi connectivity index (χ4v) is 1.53. The number of carbonyl (C=O) groups is 1. The van der Waals surface area contributed by atoms with Gasteiger partial charge in [-0.3, -0.25) is 4.79 Å². The number of nitrogens with one attached hydrogen (secondary N) is 1. The first-order valence-corrected chi connectivity index (χ1v) is 5.51. The van der Waals surface area contributed by atoms with Crippen LogP contribution < -0.4 is 5.32 Å². The van der Waals surface area contributed by atoms with Crippen LogP contribution in [0.2, 0.25) is 0 Å². The third-order valence-electron chi connectivity index (χ3n) is 2.37. The Morgan fingerprint density at radius 1 is 1.35 bits per heavy atom. The highest BCUT2D eigenvalue weighted by molar-refractivity contribution is 5.72. The highest BCUT2D eigenvalue weighted by atomic mass is 16.5. The van der Waals surface area contributed by atoms with E-state index in [0.29, 0.717) is 13.0 Å². The summed E-state index contributed by atoms with van der Waals surface area (Å²) in [5.74, 6) is 0.722. The molecule has 0 spiro atoms. The average molecular weight is 230 g/mol. The van der Waals surface area contributed by atoms with Gasteiger partial charge in [0.05, 0.1) is 5.69 Å². The molecule has 1 aromatic heterocycles. The summed E-state index contributed by atoms with van der Waals surface area (Å²) in [4.78, 5) is 10.7. The number of carbonyl (C=O) groups excluding carboxylic acids is 1. The van der Waals surface area contributed by atoms with E-state index >= 15 is 0 Å². The SMILES string of the molecule is CC(=O)NCCc1cc(-c2ccccc2)on1. The minimum Gasteiger partial charge on any atom is -0.356 e. The van der Waals surface area contributed by atoms with Crippen molar-refractivity contribution >= 4 is 5.91 Å². The Kier molecular flexibility index (Phi) is 3.55. The van der Waals surface area contributed by atoms with E-state index in [1.165, 1.54) is 6.92 Å². The van der Waals surface area contributed by atoms with Crippen molar-refractivity contribution in [3.05, 3.63) is 42.1 Å². The number of amides is 1. The second-order valence-corrected chi connectivity index (χ2v) is 3.78. The Morgan fingerprint density at radius 3 is 2.82 bits per heavy atom. The molecule has 0 radical (unpaired) electrons. The van der Waals surface area contributed by atoms with Crippen LogP contribution >= 0.6 is 0 Å². The van der Waals surface area contributed by atoms with Crippen LogP contribution in [0.4, 0.5) is 0 Å². The van der Waals surface area contributed by atoms with Crippen LogP contribution in [0.3, 0.4) is 0 Å². The summed E-state index contributed by atoms with van der Waals surface area (Å²) < 4.78 is 5.25. The molecule has 1 heterocycles. The Bertz CT molecular complexity index is 491. The van der Waals surface area contributed by atoms with Gasteiger partial charge in [0.15, 0.2) is 5.76 Å². The van der Waals surface area contributed by atoms with Crippen molar-refractivity contribution in [2.45, 2.75) is 13.3 Å². The first-order valence-electron chi connectivity index (χ1n) is 5.51. The smallest absolute Gasteiger partial charge is 0.216 e. The zero-order valence-corrected chi connectivity index (χ0v) is 9.64. The van der Waals surface area contributed by atoms with Crippen molar-refractivity contribution in [3.63, 3.8) is 0 Å². The molecule has 4 heteroatoms. The number of benzene rings is 1. The molecule has 1 amide bonds. The molecule has 0 aliphatic heterocycles. The molecule has 17 heavy (non-hydrogen) atoms. The highest BCUT2D eigenvalue weighted by Gasteiger charge is 2.05. The van der Waals surface area contributed by atoms with Gasteiger partial charge in [0.25, 0.3) is 0 Å². The molecule has 0 saturated carbocycles. The summed E-state index contributed by atoms with van der Waals surface area (Å²) >= 11 is 0. The van der Waals surface area contributed by atoms with Crippen LogP contribution in [0.1, 0.15) is 12.6 Å². The van der Waals surface area contributed by atoms with Crippen LogP contribution in [0.15, 0.2) is 40.9 Å². The maximum atomic E-state index is 10.7. The molecule has 0 atom stereocenters. The lowest BCUT2D eigenvalue weighted by Gasteiger charge is -1.97. The molecular formula is C13H14N2O2. The van der Waals surface area contributed by atoms with Crippen molar-refractivity contribution < 1.29 is 9.32 Å². The van der Waals surface area contributed by atoms with Gasteiger partial charge in [-0.15, -0.1) is 0 Å². The van der Waals surface area contributed by atoms with E-state index in [1.807, 2.05) is 36.4 Å². The first-order chi connectivity index (χ1) is 8.25. The van der Waals surface area contributed by atoms with Gasteiger partial charge in [0.2, 0.25) is 5.91 Å². The zero-order valence-electron chi connectivity index (χ0n) is 9.64. The summed E-state index contributed by atoms with van der Waals surface area (Å²) in [5, 5.41) is 6.69. The van der Waals surface area contributed by atoms with Crippen LogP contribution in [0.25, 0.3) is 11.3 Å². The molecule has 0 saturated heterocycles. The summed E-state index contributed by atoms with van der Waals surface area (Å²) in [6.07, 6.45) is 0.677. The number of rotatable bonds is 4. The summed E-state index contributed by atoms with van der Waals surface area (Å²) in [6.45, 7) is 2.08. The van der Waals surface area contributed by atoms with Crippen LogP contribution in [-0.4, -0.2) is 17.6 Å². The molecule has 88 valence electrons. The maximum Gasteiger partial charge on any atom is 0.216 e. The van der Waals surface area contributed by atoms with Crippen LogP contribution in [0, 0.1) is 0 Å². The molecular weight excluding hydrogens is 216 g/mol. The van der Waals surface area contributed by atoms with Gasteiger partial charge in [0, 0.05) is 31.5 Å². The molecule has 4 nitrogen and oxygen atoms in total. The molecule has 1 N–H and O–H groups in total. The topological polar surface area (TPSA) is 55.1 Å². The van der Waals surface area contributed by atoms with Crippen LogP contribution in [-0.2, 0) is 11.2 Å². The second-order valence-electron chi connectivity index (χ2n) is 3.78. The lowest BCUT2D eigenvalue weighted by Crippen LogP contribution is -2.22. The van der Waals surface area contributed by atoms with Crippen molar-refractivity contribution in [2.24, 2.45) is 0 Å². The number of aromatic nitrogens is 1. The normalized spacial score (nSPS) is 10.2. The molecule has 2 aromatic rings. The summed E-state index contributed by atoms with van der Waals surface area (Å²) in [7, 11) is 0. The molecule has 0 bridgehead atoms. The molecule has 0 unspecified atom stereocenters. The minimum atomic E-state index is -0.0308. The molecule has 0 aliphatic carbocycles. The monoisotopic (exact) mass is 230 g/mol. The third-order valence-corrected chi connectivity index (χ3v) is 2.37. The van der Waals surface area contributed by atoms with Crippen molar-refractivity contribution in [1.29, 1.82) is 0 Å². The van der Waals surface area contributed by atoms with E-state index in [9.17, 15) is 4.79 Å². The van der Waals surface area contributed by atoms with E-state index in [1.54, 1.807) is 0 Å². The summed E-state index contributed by atoms with van der Waals surface area (Å²) in [5.41, 5.74) is 1.85. The average Bonchev–Trinajstić information content (AvgIpc) is 2.78. The van der Waals surface area contributed by atoms with Gasteiger partial charge in [-0.1, -0.05) is 35.5 Å². The Labute approximate surface area is 99.6 Å². The van der Waals surface area contributed by atoms with E-state index in [0.717, 1.165) is 17.0 Å². The lowest BCUT2D eigenvalue weighted by atomic mass is 10.1. The van der Waals surface area contributed by atoms with E-state index in [4.69, 9.17) is 4.52 Å². The number of hydrogen-bond acceptors (Lipinski definition) is 3. The van der Waals surface area contributed by atoms with Gasteiger partial charge in [0.1, 0.15) is 0 Å². The van der Waals surface area contributed by atoms with Crippen molar-refractivity contribution in [2.75, 3.05) is 6.54 Å². The molecule has 0 fully saturated rings. The Balaban J connectivity index is 1.99. The third kappa shape index (κ3) is 3.17. The Morgan fingerprint density at radius 2 is 2.12 bits per heavy atom. The fourth-order valence-electron chi connectivity index (χ4n) is 1.53. The maximum absolute atomic E-state index is 10.7. The predicted octanol–water partition coefficient (Wildman–Crippen LogP) is 2.02. The minimum absolute atomic E-state index is 0.0308. The zero-order chi connectivity index (χ0) is 12.1. The lowest BCUT2D eigenvalue weighted by molar-refractivity contribution is -0.118. The van der Waals surface area contributed by atoms with Crippen LogP contribution in [0.5, 0.6) is 0 Å². The summed E-state index contributed by atoms with van der Waals surface area (Å²) in [6, 6.07) is 11.7. The number of nitrogens with zero attached hydrogens (tertiary/aromatic N) is 1. The fraction of sp³-hybridized carbons (Fsp3) is 0.231. The predicted molar refractivity (Wildman–Crippen MR) is 64.3 cm³/mol. The van der Waals surface area contributed by atoms with Crippen molar-refractivity contribution in [3.8, 4) is 11.3 Å². The van der Waals surface area contributed by atoms with Gasteiger partial charge in [-0.2, -0.15) is 0 Å². The largest absolute Gasteiger partial charge is 0.356 e. The van der Waals surface area contributed by atoms with Gasteiger partial charge in [-0.05, 0) is 0 Å². The molecule has 0 aliphatic rings. The number of hydrogen-bond donors (Lipinski definition) is 1. The van der Waals surface area contributed by atoms with Gasteiger partial charge in [-0.25, -0.2) is 0 Å². The quantitative estimate of drug-likeness (QED) is 0.874. The molecule has 2 rings (SSSR count). The van der Waals surface area contributed by atoms with E-state index in [-0.39, 0.29) is 5.91 Å². The molecule has 1 aromatic carbocycles. The van der Waals surface area contributed by atoms with Gasteiger partial charge >= 0.3 is 0 Å².